The van der Waals surface area contributed by atoms with E-state index >= 15 is 0 Å². The van der Waals surface area contributed by atoms with Crippen molar-refractivity contribution in [1.29, 1.82) is 0 Å². The van der Waals surface area contributed by atoms with Crippen LogP contribution in [0.3, 0.4) is 0 Å². The van der Waals surface area contributed by atoms with Crippen molar-refractivity contribution in [2.45, 2.75) is 25.8 Å². The van der Waals surface area contributed by atoms with E-state index in [0.29, 0.717) is 11.5 Å². The highest BCUT2D eigenvalue weighted by atomic mass is 16.2. The maximum Gasteiger partial charge on any atom is 0.256 e. The van der Waals surface area contributed by atoms with E-state index in [0.717, 1.165) is 19.5 Å². The van der Waals surface area contributed by atoms with Gasteiger partial charge < -0.3 is 9.80 Å². The predicted molar refractivity (Wildman–Crippen MR) is 73.8 cm³/mol. The molecule has 1 fully saturated rings. The van der Waals surface area contributed by atoms with Gasteiger partial charge in [-0.15, -0.1) is 0 Å². The van der Waals surface area contributed by atoms with E-state index < -0.39 is 0 Å². The van der Waals surface area contributed by atoms with Crippen LogP contribution in [-0.4, -0.2) is 58.4 Å². The molecule has 1 aliphatic heterocycles. The lowest BCUT2D eigenvalue weighted by Gasteiger charge is -2.35. The van der Waals surface area contributed by atoms with Gasteiger partial charge >= 0.3 is 0 Å². The van der Waals surface area contributed by atoms with Crippen LogP contribution in [0.1, 0.15) is 30.6 Å². The summed E-state index contributed by atoms with van der Waals surface area (Å²) < 4.78 is 0. The molecular formula is C14H22N4O. The number of hydrogen-bond acceptors (Lipinski definition) is 4. The van der Waals surface area contributed by atoms with Crippen molar-refractivity contribution in [3.8, 4) is 0 Å². The van der Waals surface area contributed by atoms with E-state index in [9.17, 15) is 4.79 Å². The number of carbonyl (C=O) groups excluding carboxylic acids is 1. The molecule has 19 heavy (non-hydrogen) atoms. The minimum absolute atomic E-state index is 0.00838. The zero-order valence-electron chi connectivity index (χ0n) is 12.1. The zero-order valence-corrected chi connectivity index (χ0v) is 12.1. The molecule has 5 heteroatoms. The molecule has 1 unspecified atom stereocenters. The highest BCUT2D eigenvalue weighted by Crippen LogP contribution is 2.33. The molecule has 0 radical (unpaired) electrons. The first-order valence-corrected chi connectivity index (χ1v) is 6.64. The molecule has 104 valence electrons. The highest BCUT2D eigenvalue weighted by Gasteiger charge is 2.39. The van der Waals surface area contributed by atoms with Gasteiger partial charge in [-0.3, -0.25) is 4.79 Å². The van der Waals surface area contributed by atoms with Crippen LogP contribution in [0.4, 0.5) is 0 Å². The summed E-state index contributed by atoms with van der Waals surface area (Å²) in [7, 11) is 4.00. The number of aromatic nitrogens is 2. The van der Waals surface area contributed by atoms with Crippen molar-refractivity contribution in [2.75, 3.05) is 27.2 Å². The first-order valence-electron chi connectivity index (χ1n) is 6.64. The van der Waals surface area contributed by atoms with E-state index in [1.165, 1.54) is 6.33 Å². The topological polar surface area (TPSA) is 49.3 Å². The maximum absolute atomic E-state index is 12.3. The Hall–Kier alpha value is -1.49. The SMILES string of the molecule is CN(CC1CCN(C)C1(C)C)C(=O)c1cncnc1. The van der Waals surface area contributed by atoms with Gasteiger partial charge in [0.1, 0.15) is 6.33 Å². The summed E-state index contributed by atoms with van der Waals surface area (Å²) in [6, 6.07) is 0. The van der Waals surface area contributed by atoms with Gasteiger partial charge in [0.15, 0.2) is 0 Å². The summed E-state index contributed by atoms with van der Waals surface area (Å²) in [5, 5.41) is 0. The molecule has 0 bridgehead atoms. The fourth-order valence-electron chi connectivity index (χ4n) is 2.66. The van der Waals surface area contributed by atoms with Crippen LogP contribution in [0.5, 0.6) is 0 Å². The van der Waals surface area contributed by atoms with E-state index in [2.05, 4.69) is 35.8 Å². The molecule has 1 atom stereocenters. The molecule has 0 aliphatic carbocycles. The summed E-state index contributed by atoms with van der Waals surface area (Å²) in [5.74, 6) is 0.488. The molecule has 1 amide bonds. The Morgan fingerprint density at radius 2 is 2.11 bits per heavy atom. The maximum atomic E-state index is 12.3. The summed E-state index contributed by atoms with van der Waals surface area (Å²) in [6.07, 6.45) is 5.70. The summed E-state index contributed by atoms with van der Waals surface area (Å²) >= 11 is 0. The molecule has 1 aromatic heterocycles. The quantitative estimate of drug-likeness (QED) is 0.823. The lowest BCUT2D eigenvalue weighted by Crippen LogP contribution is -2.44. The van der Waals surface area contributed by atoms with Gasteiger partial charge in [0.25, 0.3) is 5.91 Å². The smallest absolute Gasteiger partial charge is 0.256 e. The van der Waals surface area contributed by atoms with Crippen LogP contribution in [0.2, 0.25) is 0 Å². The van der Waals surface area contributed by atoms with Crippen molar-refractivity contribution in [1.82, 2.24) is 19.8 Å². The Balaban J connectivity index is 2.02. The van der Waals surface area contributed by atoms with Gasteiger partial charge in [0.05, 0.1) is 5.56 Å². The normalized spacial score (nSPS) is 22.4. The molecule has 5 nitrogen and oxygen atoms in total. The lowest BCUT2D eigenvalue weighted by molar-refractivity contribution is 0.0728. The molecule has 0 aromatic carbocycles. The monoisotopic (exact) mass is 262 g/mol. The average Bonchev–Trinajstić information content (AvgIpc) is 2.65. The number of nitrogens with zero attached hydrogens (tertiary/aromatic N) is 4. The summed E-state index contributed by atoms with van der Waals surface area (Å²) in [4.78, 5) is 24.2. The molecule has 1 saturated heterocycles. The lowest BCUT2D eigenvalue weighted by atomic mass is 9.88. The van der Waals surface area contributed by atoms with Crippen LogP contribution in [0.25, 0.3) is 0 Å². The number of amides is 1. The third-order valence-corrected chi connectivity index (χ3v) is 4.44. The van der Waals surface area contributed by atoms with Crippen molar-refractivity contribution in [3.63, 3.8) is 0 Å². The Morgan fingerprint density at radius 3 is 2.63 bits per heavy atom. The minimum Gasteiger partial charge on any atom is -0.341 e. The predicted octanol–water partition coefficient (Wildman–Crippen LogP) is 1.28. The fourth-order valence-corrected chi connectivity index (χ4v) is 2.66. The Labute approximate surface area is 114 Å². The second kappa shape index (κ2) is 5.25. The van der Waals surface area contributed by atoms with E-state index in [1.54, 1.807) is 17.3 Å². The van der Waals surface area contributed by atoms with Crippen LogP contribution in [-0.2, 0) is 0 Å². The number of rotatable bonds is 3. The van der Waals surface area contributed by atoms with Crippen molar-refractivity contribution in [2.24, 2.45) is 5.92 Å². The molecule has 1 aliphatic rings. The van der Waals surface area contributed by atoms with Crippen LogP contribution in [0, 0.1) is 5.92 Å². The summed E-state index contributed by atoms with van der Waals surface area (Å²) in [6.45, 7) is 6.35. The third-order valence-electron chi connectivity index (χ3n) is 4.44. The van der Waals surface area contributed by atoms with Gasteiger partial charge in [0, 0.05) is 31.5 Å². The fraction of sp³-hybridized carbons (Fsp3) is 0.643. The van der Waals surface area contributed by atoms with Crippen LogP contribution < -0.4 is 0 Å². The largest absolute Gasteiger partial charge is 0.341 e. The first kappa shape index (κ1) is 13.9. The molecular weight excluding hydrogens is 240 g/mol. The van der Waals surface area contributed by atoms with E-state index in [4.69, 9.17) is 0 Å². The van der Waals surface area contributed by atoms with Gasteiger partial charge in [-0.25, -0.2) is 9.97 Å². The van der Waals surface area contributed by atoms with E-state index in [-0.39, 0.29) is 11.4 Å². The first-order chi connectivity index (χ1) is 8.93. The van der Waals surface area contributed by atoms with Gasteiger partial charge in [-0.05, 0) is 39.8 Å². The molecule has 2 heterocycles. The minimum atomic E-state index is -0.00838. The highest BCUT2D eigenvalue weighted by molar-refractivity contribution is 5.93. The van der Waals surface area contributed by atoms with Gasteiger partial charge in [-0.1, -0.05) is 0 Å². The number of hydrogen-bond donors (Lipinski definition) is 0. The Morgan fingerprint density at radius 1 is 1.47 bits per heavy atom. The number of likely N-dealkylation sites (tertiary alicyclic amines) is 1. The third kappa shape index (κ3) is 2.76. The number of carbonyl (C=O) groups is 1. The van der Waals surface area contributed by atoms with Gasteiger partial charge in [0.2, 0.25) is 0 Å². The van der Waals surface area contributed by atoms with Crippen LogP contribution >= 0.6 is 0 Å². The zero-order chi connectivity index (χ0) is 14.0. The van der Waals surface area contributed by atoms with E-state index in [1.807, 2.05) is 7.05 Å². The van der Waals surface area contributed by atoms with Crippen molar-refractivity contribution >= 4 is 5.91 Å². The second-order valence-corrected chi connectivity index (χ2v) is 5.87. The second-order valence-electron chi connectivity index (χ2n) is 5.87. The standard InChI is InChI=1S/C14H22N4O/c1-14(2)12(5-6-18(14)4)9-17(3)13(19)11-7-15-10-16-8-11/h7-8,10,12H,5-6,9H2,1-4H3. The van der Waals surface area contributed by atoms with Gasteiger partial charge in [-0.2, -0.15) is 0 Å². The van der Waals surface area contributed by atoms with Crippen molar-refractivity contribution in [3.05, 3.63) is 24.3 Å². The van der Waals surface area contributed by atoms with Crippen LogP contribution in [0.15, 0.2) is 18.7 Å². The molecule has 1 aromatic rings. The van der Waals surface area contributed by atoms with Crippen molar-refractivity contribution < 1.29 is 4.79 Å². The summed E-state index contributed by atoms with van der Waals surface area (Å²) in [5.41, 5.74) is 0.691. The average molecular weight is 262 g/mol. The molecule has 0 N–H and O–H groups in total. The molecule has 0 saturated carbocycles. The molecule has 0 spiro atoms. The molecule has 2 rings (SSSR count). The Bertz CT molecular complexity index is 446. The Kier molecular flexibility index (Phi) is 3.85.